The van der Waals surface area contributed by atoms with Crippen molar-refractivity contribution in [1.29, 1.82) is 0 Å². The van der Waals surface area contributed by atoms with E-state index >= 15 is 0 Å². The summed E-state index contributed by atoms with van der Waals surface area (Å²) in [7, 11) is 0. The van der Waals surface area contributed by atoms with Crippen molar-refractivity contribution in [3.8, 4) is 0 Å². The SMILES string of the molecule is C1CC1CN1CCC(CNC2CC2)C1. The van der Waals surface area contributed by atoms with E-state index in [9.17, 15) is 0 Å². The average molecular weight is 194 g/mol. The third-order valence-corrected chi connectivity index (χ3v) is 3.86. The summed E-state index contributed by atoms with van der Waals surface area (Å²) in [5.41, 5.74) is 0. The van der Waals surface area contributed by atoms with Crippen LogP contribution in [0, 0.1) is 11.8 Å². The summed E-state index contributed by atoms with van der Waals surface area (Å²) in [5, 5.41) is 3.66. The van der Waals surface area contributed by atoms with Gasteiger partial charge in [-0.15, -0.1) is 0 Å². The zero-order valence-corrected chi connectivity index (χ0v) is 9.04. The van der Waals surface area contributed by atoms with Crippen molar-refractivity contribution < 1.29 is 0 Å². The number of rotatable bonds is 5. The molecule has 1 saturated heterocycles. The van der Waals surface area contributed by atoms with Gasteiger partial charge in [-0.1, -0.05) is 0 Å². The minimum absolute atomic E-state index is 0.896. The number of nitrogens with one attached hydrogen (secondary N) is 1. The van der Waals surface area contributed by atoms with Crippen LogP contribution < -0.4 is 5.32 Å². The van der Waals surface area contributed by atoms with E-state index in [0.29, 0.717) is 0 Å². The van der Waals surface area contributed by atoms with Crippen molar-refractivity contribution in [2.75, 3.05) is 26.2 Å². The van der Waals surface area contributed by atoms with Crippen LogP contribution in [0.3, 0.4) is 0 Å². The second-order valence-electron chi connectivity index (χ2n) is 5.54. The molecule has 1 atom stereocenters. The maximum absolute atomic E-state index is 3.66. The van der Waals surface area contributed by atoms with Crippen LogP contribution >= 0.6 is 0 Å². The van der Waals surface area contributed by atoms with E-state index in [1.165, 1.54) is 58.3 Å². The molecule has 14 heavy (non-hydrogen) atoms. The van der Waals surface area contributed by atoms with Crippen molar-refractivity contribution >= 4 is 0 Å². The molecule has 3 rings (SSSR count). The van der Waals surface area contributed by atoms with Gasteiger partial charge in [0.15, 0.2) is 0 Å². The minimum atomic E-state index is 0.896. The van der Waals surface area contributed by atoms with E-state index in [2.05, 4.69) is 10.2 Å². The molecule has 1 unspecified atom stereocenters. The molecule has 0 spiro atoms. The molecule has 3 aliphatic rings. The second-order valence-corrected chi connectivity index (χ2v) is 5.54. The molecule has 2 heteroatoms. The molecule has 1 N–H and O–H groups in total. The van der Waals surface area contributed by atoms with Crippen molar-refractivity contribution in [3.63, 3.8) is 0 Å². The van der Waals surface area contributed by atoms with Gasteiger partial charge < -0.3 is 10.2 Å². The van der Waals surface area contributed by atoms with Crippen LogP contribution in [0.4, 0.5) is 0 Å². The monoisotopic (exact) mass is 194 g/mol. The van der Waals surface area contributed by atoms with E-state index in [-0.39, 0.29) is 0 Å². The van der Waals surface area contributed by atoms with E-state index in [1.54, 1.807) is 0 Å². The Morgan fingerprint density at radius 3 is 2.57 bits per heavy atom. The molecule has 1 aliphatic heterocycles. The molecule has 0 aromatic rings. The highest BCUT2D eigenvalue weighted by Gasteiger charge is 2.30. The van der Waals surface area contributed by atoms with E-state index in [1.807, 2.05) is 0 Å². The highest BCUT2D eigenvalue weighted by molar-refractivity contribution is 4.86. The minimum Gasteiger partial charge on any atom is -0.314 e. The van der Waals surface area contributed by atoms with Gasteiger partial charge in [-0.2, -0.15) is 0 Å². The maximum Gasteiger partial charge on any atom is 0.00683 e. The number of hydrogen-bond acceptors (Lipinski definition) is 2. The average Bonchev–Trinajstić information content (AvgIpc) is 3.06. The Hall–Kier alpha value is -0.0800. The van der Waals surface area contributed by atoms with Gasteiger partial charge in [0.05, 0.1) is 0 Å². The third-order valence-electron chi connectivity index (χ3n) is 3.86. The van der Waals surface area contributed by atoms with Crippen molar-refractivity contribution in [2.45, 2.75) is 38.1 Å². The highest BCUT2D eigenvalue weighted by atomic mass is 15.2. The molecule has 2 nitrogen and oxygen atoms in total. The quantitative estimate of drug-likeness (QED) is 0.713. The predicted octanol–water partition coefficient (Wildman–Crippen LogP) is 1.47. The topological polar surface area (TPSA) is 15.3 Å². The smallest absolute Gasteiger partial charge is 0.00683 e. The molecule has 0 bridgehead atoms. The molecular formula is C12H22N2. The van der Waals surface area contributed by atoms with Crippen LogP contribution in [0.25, 0.3) is 0 Å². The van der Waals surface area contributed by atoms with Crippen molar-refractivity contribution in [3.05, 3.63) is 0 Å². The van der Waals surface area contributed by atoms with Gasteiger partial charge in [0.2, 0.25) is 0 Å². The third kappa shape index (κ3) is 2.48. The summed E-state index contributed by atoms with van der Waals surface area (Å²) in [5.74, 6) is 2.03. The molecule has 80 valence electrons. The van der Waals surface area contributed by atoms with Gasteiger partial charge >= 0.3 is 0 Å². The molecule has 0 aromatic heterocycles. The number of nitrogens with zero attached hydrogens (tertiary/aromatic N) is 1. The number of hydrogen-bond donors (Lipinski definition) is 1. The molecule has 2 aliphatic carbocycles. The summed E-state index contributed by atoms with van der Waals surface area (Å²) in [6.07, 6.45) is 7.30. The molecule has 0 radical (unpaired) electrons. The first-order chi connectivity index (χ1) is 6.90. The zero-order valence-electron chi connectivity index (χ0n) is 9.04. The summed E-state index contributed by atoms with van der Waals surface area (Å²) >= 11 is 0. The molecule has 0 amide bonds. The largest absolute Gasteiger partial charge is 0.314 e. The fourth-order valence-corrected chi connectivity index (χ4v) is 2.53. The normalized spacial score (nSPS) is 33.9. The molecule has 0 aromatic carbocycles. The van der Waals surface area contributed by atoms with Crippen LogP contribution in [0.15, 0.2) is 0 Å². The van der Waals surface area contributed by atoms with Gasteiger partial charge in [-0.3, -0.25) is 0 Å². The Labute approximate surface area is 87.0 Å². The predicted molar refractivity (Wildman–Crippen MR) is 58.3 cm³/mol. The summed E-state index contributed by atoms with van der Waals surface area (Å²) in [4.78, 5) is 2.69. The first-order valence-electron chi connectivity index (χ1n) is 6.36. The summed E-state index contributed by atoms with van der Waals surface area (Å²) < 4.78 is 0. The fraction of sp³-hybridized carbons (Fsp3) is 1.00. The molecule has 2 saturated carbocycles. The van der Waals surface area contributed by atoms with E-state index in [0.717, 1.165) is 17.9 Å². The van der Waals surface area contributed by atoms with Crippen LogP contribution in [0.1, 0.15) is 32.1 Å². The van der Waals surface area contributed by atoms with Crippen LogP contribution in [0.2, 0.25) is 0 Å². The van der Waals surface area contributed by atoms with Crippen molar-refractivity contribution in [2.24, 2.45) is 11.8 Å². The Balaban J connectivity index is 1.35. The Bertz CT molecular complexity index is 196. The zero-order chi connectivity index (χ0) is 9.38. The number of likely N-dealkylation sites (tertiary alicyclic amines) is 1. The Morgan fingerprint density at radius 1 is 1.00 bits per heavy atom. The molecule has 3 fully saturated rings. The lowest BCUT2D eigenvalue weighted by molar-refractivity contribution is 0.309. The second kappa shape index (κ2) is 3.82. The Morgan fingerprint density at radius 2 is 1.86 bits per heavy atom. The first kappa shape index (κ1) is 9.17. The molecule has 1 heterocycles. The highest BCUT2D eigenvalue weighted by Crippen LogP contribution is 2.31. The first-order valence-corrected chi connectivity index (χ1v) is 6.36. The lowest BCUT2D eigenvalue weighted by Crippen LogP contribution is -2.28. The van der Waals surface area contributed by atoms with Crippen molar-refractivity contribution in [1.82, 2.24) is 10.2 Å². The van der Waals surface area contributed by atoms with Crippen LogP contribution in [0.5, 0.6) is 0 Å². The lowest BCUT2D eigenvalue weighted by atomic mass is 10.1. The standard InChI is InChI=1S/C12H22N2/c1-2-10(1)8-14-6-5-11(9-14)7-13-12-3-4-12/h10-13H,1-9H2. The van der Waals surface area contributed by atoms with Gasteiger partial charge in [-0.05, 0) is 57.0 Å². The van der Waals surface area contributed by atoms with Crippen LogP contribution in [-0.2, 0) is 0 Å². The maximum atomic E-state index is 3.66. The van der Waals surface area contributed by atoms with Gasteiger partial charge in [0, 0.05) is 19.1 Å². The van der Waals surface area contributed by atoms with Gasteiger partial charge in [-0.25, -0.2) is 0 Å². The van der Waals surface area contributed by atoms with E-state index < -0.39 is 0 Å². The fourth-order valence-electron chi connectivity index (χ4n) is 2.53. The van der Waals surface area contributed by atoms with Gasteiger partial charge in [0.1, 0.15) is 0 Å². The van der Waals surface area contributed by atoms with Crippen LogP contribution in [-0.4, -0.2) is 37.1 Å². The summed E-state index contributed by atoms with van der Waals surface area (Å²) in [6, 6.07) is 0.896. The van der Waals surface area contributed by atoms with E-state index in [4.69, 9.17) is 0 Å². The lowest BCUT2D eigenvalue weighted by Gasteiger charge is -2.15. The summed E-state index contributed by atoms with van der Waals surface area (Å²) in [6.45, 7) is 5.43. The Kier molecular flexibility index (Phi) is 2.50. The molecular weight excluding hydrogens is 172 g/mol. The van der Waals surface area contributed by atoms with Gasteiger partial charge in [0.25, 0.3) is 0 Å².